The van der Waals surface area contributed by atoms with Crippen LogP contribution in [0.25, 0.3) is 0 Å². The topological polar surface area (TPSA) is 92.2 Å². The molecule has 16 heavy (non-hydrogen) atoms. The number of thioether (sulfide) groups is 1. The summed E-state index contributed by atoms with van der Waals surface area (Å²) in [6.07, 6.45) is -3.13. The Kier molecular flexibility index (Phi) is 4.55. The van der Waals surface area contributed by atoms with E-state index in [2.05, 4.69) is 10.2 Å². The summed E-state index contributed by atoms with van der Waals surface area (Å²) < 4.78 is 24.0. The largest absolute Gasteiger partial charge is 0.481 e. The van der Waals surface area contributed by atoms with Crippen molar-refractivity contribution < 1.29 is 23.5 Å². The second-order valence-corrected chi connectivity index (χ2v) is 4.55. The number of alkyl halides is 2. The van der Waals surface area contributed by atoms with Gasteiger partial charge in [-0.3, -0.25) is 14.9 Å². The first-order chi connectivity index (χ1) is 7.49. The lowest BCUT2D eigenvalue weighted by atomic mass is 10.6. The first-order valence-electron chi connectivity index (χ1n) is 3.76. The molecule has 0 aliphatic heterocycles. The fourth-order valence-electron chi connectivity index (χ4n) is 0.602. The summed E-state index contributed by atoms with van der Waals surface area (Å²) in [6.45, 7) is 0. The van der Waals surface area contributed by atoms with E-state index in [1.165, 1.54) is 0 Å². The molecule has 2 N–H and O–H groups in total. The molecule has 0 spiro atoms. The van der Waals surface area contributed by atoms with Crippen molar-refractivity contribution in [2.24, 2.45) is 0 Å². The number of halogens is 2. The van der Waals surface area contributed by atoms with E-state index in [1.54, 1.807) is 0 Å². The van der Waals surface area contributed by atoms with Crippen molar-refractivity contribution in [1.82, 2.24) is 10.2 Å². The summed E-state index contributed by atoms with van der Waals surface area (Å²) >= 11 is 1.72. The fraction of sp³-hybridized carbons (Fsp3) is 0.333. The molecule has 0 fully saturated rings. The maximum atomic E-state index is 11.8. The molecule has 1 heterocycles. The molecule has 0 aliphatic rings. The van der Waals surface area contributed by atoms with E-state index in [0.717, 1.165) is 23.1 Å². The number of rotatable bonds is 5. The van der Waals surface area contributed by atoms with Gasteiger partial charge in [0.2, 0.25) is 5.13 Å². The lowest BCUT2D eigenvalue weighted by Crippen LogP contribution is -2.19. The van der Waals surface area contributed by atoms with Crippen LogP contribution in [0.15, 0.2) is 4.34 Å². The maximum absolute atomic E-state index is 11.8. The lowest BCUT2D eigenvalue weighted by molar-refractivity contribution is -0.134. The molecule has 1 aromatic heterocycles. The van der Waals surface area contributed by atoms with Crippen molar-refractivity contribution in [3.8, 4) is 0 Å². The third-order valence-corrected chi connectivity index (χ3v) is 3.11. The molecule has 0 unspecified atom stereocenters. The molecule has 0 aliphatic carbocycles. The number of carboxylic acids is 1. The minimum absolute atomic E-state index is 0.0850. The van der Waals surface area contributed by atoms with E-state index in [1.807, 2.05) is 5.32 Å². The number of amides is 1. The van der Waals surface area contributed by atoms with E-state index in [4.69, 9.17) is 5.11 Å². The van der Waals surface area contributed by atoms with Crippen LogP contribution in [0.5, 0.6) is 0 Å². The van der Waals surface area contributed by atoms with E-state index >= 15 is 0 Å². The van der Waals surface area contributed by atoms with Gasteiger partial charge in [-0.25, -0.2) is 0 Å². The molecule has 10 heteroatoms. The SMILES string of the molecule is O=C(O)CSc1nnc(NC(=O)C(F)F)s1. The van der Waals surface area contributed by atoms with Gasteiger partial charge >= 0.3 is 12.4 Å². The molecule has 0 saturated heterocycles. The molecule has 88 valence electrons. The molecule has 0 aromatic carbocycles. The highest BCUT2D eigenvalue weighted by Crippen LogP contribution is 2.25. The Morgan fingerprint density at radius 3 is 2.75 bits per heavy atom. The van der Waals surface area contributed by atoms with Gasteiger partial charge in [0, 0.05) is 0 Å². The quantitative estimate of drug-likeness (QED) is 0.610. The van der Waals surface area contributed by atoms with Crippen LogP contribution < -0.4 is 5.32 Å². The van der Waals surface area contributed by atoms with E-state index in [-0.39, 0.29) is 15.2 Å². The summed E-state index contributed by atoms with van der Waals surface area (Å²) in [5.41, 5.74) is 0. The standard InChI is InChI=1S/C6H5F2N3O3S2/c7-3(8)4(14)9-5-10-11-6(16-5)15-1-2(12)13/h3H,1H2,(H,12,13)(H,9,10,14). The van der Waals surface area contributed by atoms with Crippen LogP contribution in [-0.2, 0) is 9.59 Å². The molecule has 6 nitrogen and oxygen atoms in total. The number of anilines is 1. The second-order valence-electron chi connectivity index (χ2n) is 2.35. The zero-order valence-electron chi connectivity index (χ0n) is 7.52. The smallest absolute Gasteiger partial charge is 0.315 e. The van der Waals surface area contributed by atoms with Crippen LogP contribution in [-0.4, -0.2) is 39.4 Å². The molecule has 0 radical (unpaired) electrons. The number of hydrogen-bond donors (Lipinski definition) is 2. The maximum Gasteiger partial charge on any atom is 0.315 e. The summed E-state index contributed by atoms with van der Waals surface area (Å²) in [5, 5.41) is 17.0. The number of hydrogen-bond acceptors (Lipinski definition) is 6. The summed E-state index contributed by atoms with van der Waals surface area (Å²) in [7, 11) is 0. The highest BCUT2D eigenvalue weighted by Gasteiger charge is 2.17. The van der Waals surface area contributed by atoms with Crippen LogP contribution in [0.1, 0.15) is 0 Å². The Balaban J connectivity index is 2.51. The zero-order valence-corrected chi connectivity index (χ0v) is 9.15. The molecule has 1 rings (SSSR count). The van der Waals surface area contributed by atoms with Gasteiger partial charge in [0.15, 0.2) is 4.34 Å². The predicted octanol–water partition coefficient (Wildman–Crippen LogP) is 0.918. The van der Waals surface area contributed by atoms with Crippen molar-refractivity contribution in [1.29, 1.82) is 0 Å². The number of aliphatic carboxylic acids is 1. The van der Waals surface area contributed by atoms with Crippen LogP contribution in [0.4, 0.5) is 13.9 Å². The monoisotopic (exact) mass is 269 g/mol. The second kappa shape index (κ2) is 5.70. The number of carbonyl (C=O) groups excluding carboxylic acids is 1. The Labute approximate surface area is 96.1 Å². The highest BCUT2D eigenvalue weighted by molar-refractivity contribution is 8.01. The highest BCUT2D eigenvalue weighted by atomic mass is 32.2. The normalized spacial score (nSPS) is 10.4. The van der Waals surface area contributed by atoms with Gasteiger partial charge in [-0.05, 0) is 0 Å². The van der Waals surface area contributed by atoms with Crippen LogP contribution >= 0.6 is 23.1 Å². The van der Waals surface area contributed by atoms with E-state index < -0.39 is 18.3 Å². The van der Waals surface area contributed by atoms with Crippen molar-refractivity contribution in [3.63, 3.8) is 0 Å². The molecule has 1 amide bonds. The third kappa shape index (κ3) is 4.06. The molecular formula is C6H5F2N3O3S2. The van der Waals surface area contributed by atoms with E-state index in [9.17, 15) is 18.4 Å². The summed E-state index contributed by atoms with van der Waals surface area (Å²) in [6, 6.07) is 0. The van der Waals surface area contributed by atoms with Gasteiger partial charge in [-0.1, -0.05) is 23.1 Å². The van der Waals surface area contributed by atoms with Gasteiger partial charge in [0.25, 0.3) is 5.91 Å². The average molecular weight is 269 g/mol. The van der Waals surface area contributed by atoms with Crippen molar-refractivity contribution in [3.05, 3.63) is 0 Å². The summed E-state index contributed by atoms with van der Waals surface area (Å²) in [4.78, 5) is 20.8. The number of nitrogens with one attached hydrogen (secondary N) is 1. The number of carbonyl (C=O) groups is 2. The van der Waals surface area contributed by atoms with Gasteiger partial charge in [-0.15, -0.1) is 10.2 Å². The Morgan fingerprint density at radius 1 is 1.50 bits per heavy atom. The minimum Gasteiger partial charge on any atom is -0.481 e. The molecule has 0 atom stereocenters. The number of carboxylic acid groups (broad SMARTS) is 1. The number of nitrogens with zero attached hydrogens (tertiary/aromatic N) is 2. The van der Waals surface area contributed by atoms with Gasteiger partial charge in [-0.2, -0.15) is 8.78 Å². The Bertz CT molecular complexity index is 398. The van der Waals surface area contributed by atoms with Crippen molar-refractivity contribution in [2.45, 2.75) is 10.8 Å². The average Bonchev–Trinajstić information content (AvgIpc) is 2.62. The third-order valence-electron chi connectivity index (χ3n) is 1.15. The molecular weight excluding hydrogens is 264 g/mol. The van der Waals surface area contributed by atoms with Crippen molar-refractivity contribution in [2.75, 3.05) is 11.1 Å². The van der Waals surface area contributed by atoms with E-state index in [0.29, 0.717) is 0 Å². The van der Waals surface area contributed by atoms with Crippen molar-refractivity contribution >= 4 is 40.1 Å². The predicted molar refractivity (Wildman–Crippen MR) is 52.9 cm³/mol. The number of aromatic nitrogens is 2. The molecule has 1 aromatic rings. The minimum atomic E-state index is -3.13. The fourth-order valence-corrected chi connectivity index (χ4v) is 2.08. The molecule has 0 bridgehead atoms. The van der Waals surface area contributed by atoms with Crippen LogP contribution in [0, 0.1) is 0 Å². The van der Waals surface area contributed by atoms with Crippen LogP contribution in [0.3, 0.4) is 0 Å². The Morgan fingerprint density at radius 2 is 2.19 bits per heavy atom. The summed E-state index contributed by atoms with van der Waals surface area (Å²) in [5.74, 6) is -2.71. The first-order valence-corrected chi connectivity index (χ1v) is 5.56. The lowest BCUT2D eigenvalue weighted by Gasteiger charge is -1.96. The van der Waals surface area contributed by atoms with Gasteiger partial charge < -0.3 is 5.11 Å². The van der Waals surface area contributed by atoms with Gasteiger partial charge in [0.05, 0.1) is 5.75 Å². The molecule has 0 saturated carbocycles. The Hall–Kier alpha value is -1.29. The van der Waals surface area contributed by atoms with Crippen LogP contribution in [0.2, 0.25) is 0 Å². The first kappa shape index (κ1) is 12.8. The zero-order chi connectivity index (χ0) is 12.1. The van der Waals surface area contributed by atoms with Gasteiger partial charge in [0.1, 0.15) is 0 Å².